The van der Waals surface area contributed by atoms with E-state index in [1.54, 1.807) is 0 Å². The lowest BCUT2D eigenvalue weighted by Gasteiger charge is -2.27. The molecule has 3 rings (SSSR count). The Labute approximate surface area is 113 Å². The summed E-state index contributed by atoms with van der Waals surface area (Å²) in [5, 5.41) is 12.1. The molecule has 2 heterocycles. The molecule has 0 saturated carbocycles. The van der Waals surface area contributed by atoms with E-state index < -0.39 is 0 Å². The van der Waals surface area contributed by atoms with Gasteiger partial charge in [0.25, 0.3) is 0 Å². The van der Waals surface area contributed by atoms with Gasteiger partial charge in [0.1, 0.15) is 0 Å². The monoisotopic (exact) mass is 257 g/mol. The fraction of sp³-hybridized carbons (Fsp3) is 0.429. The second-order valence-corrected chi connectivity index (χ2v) is 4.93. The molecule has 0 atom stereocenters. The van der Waals surface area contributed by atoms with Gasteiger partial charge in [0, 0.05) is 38.8 Å². The maximum atomic E-state index is 4.37. The summed E-state index contributed by atoms with van der Waals surface area (Å²) in [6.07, 6.45) is 0. The Morgan fingerprint density at radius 1 is 1.11 bits per heavy atom. The van der Waals surface area contributed by atoms with Gasteiger partial charge in [-0.3, -0.25) is 4.57 Å². The molecular formula is C14H19N5. The molecular weight excluding hydrogens is 238 g/mol. The van der Waals surface area contributed by atoms with E-state index in [4.69, 9.17) is 0 Å². The number of nitrogens with one attached hydrogen (secondary N) is 1. The molecule has 1 N–H and O–H groups in total. The molecule has 0 unspecified atom stereocenters. The molecule has 1 aromatic carbocycles. The average molecular weight is 257 g/mol. The molecule has 2 aromatic rings. The third-order valence-electron chi connectivity index (χ3n) is 3.64. The standard InChI is InChI=1S/C14H19N5/c1-11-5-3-4-6-12(11)13-16-17-14(18(13)2)19-9-7-15-8-10-19/h3-6,15H,7-10H2,1-2H3. The van der Waals surface area contributed by atoms with Crippen LogP contribution in [0.2, 0.25) is 0 Å². The van der Waals surface area contributed by atoms with Crippen molar-refractivity contribution < 1.29 is 0 Å². The number of benzene rings is 1. The summed E-state index contributed by atoms with van der Waals surface area (Å²) < 4.78 is 2.09. The second-order valence-electron chi connectivity index (χ2n) is 4.93. The van der Waals surface area contributed by atoms with Crippen molar-refractivity contribution in [1.82, 2.24) is 20.1 Å². The first-order valence-corrected chi connectivity index (χ1v) is 6.68. The Balaban J connectivity index is 1.97. The fourth-order valence-electron chi connectivity index (χ4n) is 2.52. The van der Waals surface area contributed by atoms with Gasteiger partial charge >= 0.3 is 0 Å². The van der Waals surface area contributed by atoms with Crippen molar-refractivity contribution in [1.29, 1.82) is 0 Å². The van der Waals surface area contributed by atoms with Gasteiger partial charge in [0.2, 0.25) is 5.95 Å². The van der Waals surface area contributed by atoms with Crippen LogP contribution in [0.3, 0.4) is 0 Å². The zero-order chi connectivity index (χ0) is 13.2. The van der Waals surface area contributed by atoms with E-state index in [-0.39, 0.29) is 0 Å². The van der Waals surface area contributed by atoms with Gasteiger partial charge in [0.05, 0.1) is 0 Å². The van der Waals surface area contributed by atoms with Gasteiger partial charge in [-0.1, -0.05) is 24.3 Å². The summed E-state index contributed by atoms with van der Waals surface area (Å²) in [7, 11) is 2.04. The van der Waals surface area contributed by atoms with Gasteiger partial charge in [-0.15, -0.1) is 10.2 Å². The highest BCUT2D eigenvalue weighted by Crippen LogP contribution is 2.24. The van der Waals surface area contributed by atoms with Gasteiger partial charge in [-0.2, -0.15) is 0 Å². The van der Waals surface area contributed by atoms with Crippen molar-refractivity contribution in [2.75, 3.05) is 31.1 Å². The van der Waals surface area contributed by atoms with Crippen molar-refractivity contribution in [2.45, 2.75) is 6.92 Å². The van der Waals surface area contributed by atoms with Crippen LogP contribution in [0.5, 0.6) is 0 Å². The summed E-state index contributed by atoms with van der Waals surface area (Å²) in [6, 6.07) is 8.29. The van der Waals surface area contributed by atoms with Crippen LogP contribution in [0.25, 0.3) is 11.4 Å². The van der Waals surface area contributed by atoms with Crippen molar-refractivity contribution in [3.63, 3.8) is 0 Å². The Morgan fingerprint density at radius 3 is 2.58 bits per heavy atom. The van der Waals surface area contributed by atoms with Gasteiger partial charge in [-0.25, -0.2) is 0 Å². The molecule has 0 aliphatic carbocycles. The summed E-state index contributed by atoms with van der Waals surface area (Å²) in [6.45, 7) is 6.09. The van der Waals surface area contributed by atoms with Crippen molar-refractivity contribution in [3.05, 3.63) is 29.8 Å². The quantitative estimate of drug-likeness (QED) is 0.878. The van der Waals surface area contributed by atoms with Crippen LogP contribution in [0.4, 0.5) is 5.95 Å². The Bertz CT molecular complexity index is 569. The zero-order valence-corrected chi connectivity index (χ0v) is 11.4. The Morgan fingerprint density at radius 2 is 1.84 bits per heavy atom. The Kier molecular flexibility index (Phi) is 3.21. The molecule has 1 aliphatic rings. The highest BCUT2D eigenvalue weighted by atomic mass is 15.4. The Hall–Kier alpha value is -1.88. The van der Waals surface area contributed by atoms with Crippen LogP contribution in [0, 0.1) is 6.92 Å². The first-order valence-electron chi connectivity index (χ1n) is 6.68. The average Bonchev–Trinajstić information content (AvgIpc) is 2.82. The lowest BCUT2D eigenvalue weighted by molar-refractivity contribution is 0.573. The number of nitrogens with zero attached hydrogens (tertiary/aromatic N) is 4. The SMILES string of the molecule is Cc1ccccc1-c1nnc(N2CCNCC2)n1C. The number of hydrogen-bond donors (Lipinski definition) is 1. The minimum Gasteiger partial charge on any atom is -0.338 e. The molecule has 0 bridgehead atoms. The van der Waals surface area contributed by atoms with E-state index in [0.717, 1.165) is 43.5 Å². The molecule has 1 saturated heterocycles. The smallest absolute Gasteiger partial charge is 0.227 e. The fourth-order valence-corrected chi connectivity index (χ4v) is 2.52. The van der Waals surface area contributed by atoms with Gasteiger partial charge in [-0.05, 0) is 12.5 Å². The molecule has 0 spiro atoms. The molecule has 5 nitrogen and oxygen atoms in total. The predicted molar refractivity (Wildman–Crippen MR) is 76.3 cm³/mol. The first-order chi connectivity index (χ1) is 9.27. The maximum absolute atomic E-state index is 4.37. The highest BCUT2D eigenvalue weighted by molar-refractivity contribution is 5.61. The summed E-state index contributed by atoms with van der Waals surface area (Å²) in [5.41, 5.74) is 2.38. The minimum absolute atomic E-state index is 0.937. The third-order valence-corrected chi connectivity index (χ3v) is 3.64. The number of piperazine rings is 1. The number of anilines is 1. The lowest BCUT2D eigenvalue weighted by atomic mass is 10.1. The number of aryl methyl sites for hydroxylation is 1. The van der Waals surface area contributed by atoms with Crippen LogP contribution < -0.4 is 10.2 Å². The topological polar surface area (TPSA) is 46.0 Å². The second kappa shape index (κ2) is 5.01. The van der Waals surface area contributed by atoms with E-state index in [2.05, 4.69) is 44.0 Å². The minimum atomic E-state index is 0.937. The van der Waals surface area contributed by atoms with E-state index in [0.29, 0.717) is 0 Å². The molecule has 1 fully saturated rings. The largest absolute Gasteiger partial charge is 0.338 e. The van der Waals surface area contributed by atoms with E-state index in [9.17, 15) is 0 Å². The molecule has 0 amide bonds. The van der Waals surface area contributed by atoms with Crippen molar-refractivity contribution >= 4 is 5.95 Å². The normalized spacial score (nSPS) is 15.8. The summed E-state index contributed by atoms with van der Waals surface area (Å²) >= 11 is 0. The number of rotatable bonds is 2. The van der Waals surface area contributed by atoms with Crippen LogP contribution >= 0.6 is 0 Å². The molecule has 100 valence electrons. The highest BCUT2D eigenvalue weighted by Gasteiger charge is 2.18. The van der Waals surface area contributed by atoms with Gasteiger partial charge < -0.3 is 10.2 Å². The lowest BCUT2D eigenvalue weighted by Crippen LogP contribution is -2.44. The van der Waals surface area contributed by atoms with E-state index in [1.807, 2.05) is 19.2 Å². The van der Waals surface area contributed by atoms with Gasteiger partial charge in [0.15, 0.2) is 5.82 Å². The number of aromatic nitrogens is 3. The van der Waals surface area contributed by atoms with Crippen LogP contribution in [-0.4, -0.2) is 40.9 Å². The third kappa shape index (κ3) is 2.21. The molecule has 0 radical (unpaired) electrons. The van der Waals surface area contributed by atoms with Crippen LogP contribution in [0.1, 0.15) is 5.56 Å². The van der Waals surface area contributed by atoms with Crippen LogP contribution in [0.15, 0.2) is 24.3 Å². The van der Waals surface area contributed by atoms with E-state index in [1.165, 1.54) is 5.56 Å². The zero-order valence-electron chi connectivity index (χ0n) is 11.4. The molecule has 19 heavy (non-hydrogen) atoms. The van der Waals surface area contributed by atoms with Crippen LogP contribution in [-0.2, 0) is 7.05 Å². The van der Waals surface area contributed by atoms with Crippen molar-refractivity contribution in [2.24, 2.45) is 7.05 Å². The maximum Gasteiger partial charge on any atom is 0.227 e. The van der Waals surface area contributed by atoms with Crippen molar-refractivity contribution in [3.8, 4) is 11.4 Å². The molecule has 1 aromatic heterocycles. The summed E-state index contributed by atoms with van der Waals surface area (Å²) in [4.78, 5) is 2.28. The molecule has 1 aliphatic heterocycles. The molecule has 5 heteroatoms. The summed E-state index contributed by atoms with van der Waals surface area (Å²) in [5.74, 6) is 1.89. The first kappa shape index (κ1) is 12.2. The predicted octanol–water partition coefficient (Wildman–Crippen LogP) is 1.20. The van der Waals surface area contributed by atoms with E-state index >= 15 is 0 Å². The number of hydrogen-bond acceptors (Lipinski definition) is 4.